The van der Waals surface area contributed by atoms with Crippen LogP contribution in [0.25, 0.3) is 0 Å². The number of nitriles is 1. The zero-order valence-electron chi connectivity index (χ0n) is 9.30. The molecule has 1 atom stereocenters. The highest BCUT2D eigenvalue weighted by atomic mass is 32.2. The van der Waals surface area contributed by atoms with Gasteiger partial charge in [0.15, 0.2) is 5.75 Å². The molecule has 0 amide bonds. The molecule has 0 heterocycles. The van der Waals surface area contributed by atoms with E-state index in [-0.39, 0.29) is 12.5 Å². The minimum absolute atomic E-state index is 0.168. The van der Waals surface area contributed by atoms with E-state index < -0.39 is 27.7 Å². The fourth-order valence-corrected chi connectivity index (χ4v) is 1.93. The van der Waals surface area contributed by atoms with Crippen LogP contribution in [0.15, 0.2) is 0 Å². The van der Waals surface area contributed by atoms with Crippen molar-refractivity contribution in [2.75, 3.05) is 12.3 Å². The first kappa shape index (κ1) is 14.9. The fraction of sp³-hybridized carbons (Fsp3) is 0.778. The van der Waals surface area contributed by atoms with Gasteiger partial charge >= 0.3 is 5.97 Å². The van der Waals surface area contributed by atoms with Gasteiger partial charge in [-0.3, -0.25) is 4.79 Å². The third kappa shape index (κ3) is 6.37. The highest BCUT2D eigenvalue weighted by molar-refractivity contribution is 7.89. The van der Waals surface area contributed by atoms with Gasteiger partial charge in [0.05, 0.1) is 12.0 Å². The van der Waals surface area contributed by atoms with E-state index in [1.54, 1.807) is 0 Å². The first-order valence-electron chi connectivity index (χ1n) is 4.85. The molecular formula is C9H16N2O4S. The largest absolute Gasteiger partial charge is 0.481 e. The Balaban J connectivity index is 4.34. The Morgan fingerprint density at radius 2 is 2.06 bits per heavy atom. The van der Waals surface area contributed by atoms with Crippen molar-refractivity contribution >= 4 is 16.0 Å². The zero-order chi connectivity index (χ0) is 12.8. The lowest BCUT2D eigenvalue weighted by Gasteiger charge is -2.14. The van der Waals surface area contributed by atoms with Crippen LogP contribution in [0.1, 0.15) is 20.3 Å². The second-order valence-electron chi connectivity index (χ2n) is 3.93. The van der Waals surface area contributed by atoms with Gasteiger partial charge in [0.2, 0.25) is 10.0 Å². The predicted molar refractivity (Wildman–Crippen MR) is 58.0 cm³/mol. The van der Waals surface area contributed by atoms with Crippen molar-refractivity contribution in [3.8, 4) is 6.07 Å². The fourth-order valence-electron chi connectivity index (χ4n) is 1.20. The SMILES string of the molecule is CC(C)CC(CNS(=O)(=O)CC#N)C(=O)O. The number of sulfonamides is 1. The van der Waals surface area contributed by atoms with Crippen LogP contribution in [0.2, 0.25) is 0 Å². The summed E-state index contributed by atoms with van der Waals surface area (Å²) in [6, 6.07) is 1.50. The van der Waals surface area contributed by atoms with Gasteiger partial charge < -0.3 is 5.11 Å². The number of carboxylic acids is 1. The summed E-state index contributed by atoms with van der Waals surface area (Å²) in [7, 11) is -3.67. The molecule has 1 unspecified atom stereocenters. The second-order valence-corrected chi connectivity index (χ2v) is 5.74. The Kier molecular flexibility index (Phi) is 6.00. The minimum Gasteiger partial charge on any atom is -0.481 e. The molecule has 0 spiro atoms. The van der Waals surface area contributed by atoms with Crippen LogP contribution in [0.5, 0.6) is 0 Å². The van der Waals surface area contributed by atoms with E-state index in [9.17, 15) is 13.2 Å². The van der Waals surface area contributed by atoms with E-state index in [1.165, 1.54) is 6.07 Å². The van der Waals surface area contributed by atoms with E-state index in [1.807, 2.05) is 13.8 Å². The molecule has 7 heteroatoms. The Hall–Kier alpha value is -1.13. The molecule has 0 aliphatic heterocycles. The van der Waals surface area contributed by atoms with E-state index in [2.05, 4.69) is 4.72 Å². The van der Waals surface area contributed by atoms with Crippen LogP contribution in [0.3, 0.4) is 0 Å². The number of aliphatic carboxylic acids is 1. The molecule has 16 heavy (non-hydrogen) atoms. The van der Waals surface area contributed by atoms with Crippen LogP contribution in [0, 0.1) is 23.2 Å². The standard InChI is InChI=1S/C9H16N2O4S/c1-7(2)5-8(9(12)13)6-11-16(14,15)4-3-10/h7-8,11H,4-6H2,1-2H3,(H,12,13). The number of carboxylic acid groups (broad SMARTS) is 1. The maximum atomic E-state index is 11.1. The van der Waals surface area contributed by atoms with Crippen molar-refractivity contribution in [1.82, 2.24) is 4.72 Å². The van der Waals surface area contributed by atoms with Gasteiger partial charge in [-0.15, -0.1) is 0 Å². The molecule has 0 saturated carbocycles. The van der Waals surface area contributed by atoms with Crippen LogP contribution in [-0.4, -0.2) is 31.8 Å². The zero-order valence-corrected chi connectivity index (χ0v) is 10.1. The Morgan fingerprint density at radius 3 is 2.44 bits per heavy atom. The minimum atomic E-state index is -3.67. The summed E-state index contributed by atoms with van der Waals surface area (Å²) in [6.45, 7) is 3.55. The number of nitrogens with one attached hydrogen (secondary N) is 1. The van der Waals surface area contributed by atoms with Crippen molar-refractivity contribution in [2.45, 2.75) is 20.3 Å². The number of rotatable bonds is 7. The normalized spacial score (nSPS) is 13.4. The average Bonchev–Trinajstić information content (AvgIpc) is 2.11. The molecule has 0 aromatic heterocycles. The first-order valence-corrected chi connectivity index (χ1v) is 6.50. The molecule has 0 aromatic rings. The number of nitrogens with zero attached hydrogens (tertiary/aromatic N) is 1. The number of hydrogen-bond acceptors (Lipinski definition) is 4. The molecule has 2 N–H and O–H groups in total. The van der Waals surface area contributed by atoms with Crippen molar-refractivity contribution in [3.63, 3.8) is 0 Å². The number of carbonyl (C=O) groups is 1. The van der Waals surface area contributed by atoms with Crippen molar-refractivity contribution in [1.29, 1.82) is 5.26 Å². The number of hydrogen-bond donors (Lipinski definition) is 2. The molecule has 0 bridgehead atoms. The third-order valence-corrected chi connectivity index (χ3v) is 3.03. The quantitative estimate of drug-likeness (QED) is 0.668. The van der Waals surface area contributed by atoms with Gasteiger partial charge in [0.25, 0.3) is 0 Å². The topological polar surface area (TPSA) is 107 Å². The van der Waals surface area contributed by atoms with Gasteiger partial charge in [-0.05, 0) is 12.3 Å². The van der Waals surface area contributed by atoms with Crippen molar-refractivity contribution in [3.05, 3.63) is 0 Å². The van der Waals surface area contributed by atoms with E-state index in [4.69, 9.17) is 10.4 Å². The average molecular weight is 248 g/mol. The maximum Gasteiger partial charge on any atom is 0.307 e. The van der Waals surface area contributed by atoms with Crippen molar-refractivity contribution in [2.24, 2.45) is 11.8 Å². The molecule has 0 saturated heterocycles. The summed E-state index contributed by atoms with van der Waals surface area (Å²) in [5.41, 5.74) is 0. The molecule has 0 radical (unpaired) electrons. The van der Waals surface area contributed by atoms with Gasteiger partial charge in [-0.2, -0.15) is 5.26 Å². The van der Waals surface area contributed by atoms with E-state index >= 15 is 0 Å². The van der Waals surface area contributed by atoms with E-state index in [0.29, 0.717) is 6.42 Å². The summed E-state index contributed by atoms with van der Waals surface area (Å²) in [6.07, 6.45) is 0.393. The van der Waals surface area contributed by atoms with Crippen LogP contribution in [0.4, 0.5) is 0 Å². The predicted octanol–water partition coefficient (Wildman–Crippen LogP) is 0.176. The van der Waals surface area contributed by atoms with Gasteiger partial charge in [-0.1, -0.05) is 13.8 Å². The molecule has 6 nitrogen and oxygen atoms in total. The summed E-state index contributed by atoms with van der Waals surface area (Å²) in [4.78, 5) is 10.8. The highest BCUT2D eigenvalue weighted by Crippen LogP contribution is 2.11. The van der Waals surface area contributed by atoms with Gasteiger partial charge in [0.1, 0.15) is 0 Å². The van der Waals surface area contributed by atoms with E-state index in [0.717, 1.165) is 0 Å². The summed E-state index contributed by atoms with van der Waals surface area (Å²) < 4.78 is 24.3. The Labute approximate surface area is 95.3 Å². The smallest absolute Gasteiger partial charge is 0.307 e. The Morgan fingerprint density at radius 1 is 1.50 bits per heavy atom. The van der Waals surface area contributed by atoms with Crippen LogP contribution >= 0.6 is 0 Å². The van der Waals surface area contributed by atoms with Crippen LogP contribution < -0.4 is 4.72 Å². The summed E-state index contributed by atoms with van der Waals surface area (Å²) in [5, 5.41) is 17.1. The first-order chi connectivity index (χ1) is 7.28. The summed E-state index contributed by atoms with van der Waals surface area (Å²) >= 11 is 0. The maximum absolute atomic E-state index is 11.1. The van der Waals surface area contributed by atoms with Gasteiger partial charge in [0, 0.05) is 6.54 Å². The Bertz CT molecular complexity index is 369. The lowest BCUT2D eigenvalue weighted by Crippen LogP contribution is -2.34. The monoisotopic (exact) mass is 248 g/mol. The lowest BCUT2D eigenvalue weighted by molar-refractivity contribution is -0.142. The van der Waals surface area contributed by atoms with Crippen LogP contribution in [-0.2, 0) is 14.8 Å². The lowest BCUT2D eigenvalue weighted by atomic mass is 9.98. The molecule has 0 fully saturated rings. The second kappa shape index (κ2) is 6.45. The van der Waals surface area contributed by atoms with Crippen molar-refractivity contribution < 1.29 is 18.3 Å². The third-order valence-electron chi connectivity index (χ3n) is 1.91. The van der Waals surface area contributed by atoms with Gasteiger partial charge in [-0.25, -0.2) is 13.1 Å². The highest BCUT2D eigenvalue weighted by Gasteiger charge is 2.21. The molecule has 92 valence electrons. The summed E-state index contributed by atoms with van der Waals surface area (Å²) in [5.74, 6) is -2.27. The molecule has 0 rings (SSSR count). The molecular weight excluding hydrogens is 232 g/mol. The molecule has 0 aromatic carbocycles. The molecule has 0 aliphatic carbocycles. The molecule has 0 aliphatic rings.